The van der Waals surface area contributed by atoms with E-state index in [4.69, 9.17) is 23.1 Å². The molecule has 74 valence electrons. The third-order valence-electron chi connectivity index (χ3n) is 1.87. The summed E-state index contributed by atoms with van der Waals surface area (Å²) in [5.41, 5.74) is 11.6. The average Bonchev–Trinajstić information content (AvgIpc) is 2.47. The maximum atomic E-state index is 5.90. The molecule has 0 atom stereocenters. The van der Waals surface area contributed by atoms with Crippen LogP contribution in [-0.2, 0) is 0 Å². The molecule has 0 radical (unpaired) electrons. The molecular formula is C9H10ClN3S. The lowest BCUT2D eigenvalue weighted by Crippen LogP contribution is -2.25. The summed E-state index contributed by atoms with van der Waals surface area (Å²) in [6.45, 7) is 0. The molecule has 5 heteroatoms. The number of thioether (sulfide) groups is 1. The van der Waals surface area contributed by atoms with Crippen LogP contribution in [0.15, 0.2) is 29.3 Å². The Morgan fingerprint density at radius 1 is 1.36 bits per heavy atom. The van der Waals surface area contributed by atoms with E-state index in [0.717, 1.165) is 15.8 Å². The Morgan fingerprint density at radius 3 is 2.86 bits per heavy atom. The topological polar surface area (TPSA) is 67.8 Å². The van der Waals surface area contributed by atoms with Crippen molar-refractivity contribution < 1.29 is 0 Å². The van der Waals surface area contributed by atoms with Crippen LogP contribution in [0.25, 0.3) is 10.9 Å². The fraction of sp³-hybridized carbons (Fsp3) is 0.111. The largest absolute Gasteiger partial charge is 0.360 e. The van der Waals surface area contributed by atoms with Gasteiger partial charge in [-0.2, -0.15) is 0 Å². The summed E-state index contributed by atoms with van der Waals surface area (Å²) >= 11 is 7.31. The predicted molar refractivity (Wildman–Crippen MR) is 61.3 cm³/mol. The SMILES string of the molecule is NC(N)Sc1c[nH]c2ccc(Cl)cc12. The van der Waals surface area contributed by atoms with Crippen LogP contribution in [0.3, 0.4) is 0 Å². The molecule has 0 aliphatic rings. The minimum absolute atomic E-state index is 0.409. The van der Waals surface area contributed by atoms with Crippen molar-refractivity contribution in [1.29, 1.82) is 0 Å². The highest BCUT2D eigenvalue weighted by Crippen LogP contribution is 2.29. The monoisotopic (exact) mass is 227 g/mol. The number of H-pyrrole nitrogens is 1. The third kappa shape index (κ3) is 1.88. The van der Waals surface area contributed by atoms with Gasteiger partial charge in [0.2, 0.25) is 0 Å². The van der Waals surface area contributed by atoms with Crippen molar-refractivity contribution >= 4 is 34.3 Å². The molecule has 5 N–H and O–H groups in total. The van der Waals surface area contributed by atoms with Crippen molar-refractivity contribution in [2.75, 3.05) is 0 Å². The van der Waals surface area contributed by atoms with E-state index >= 15 is 0 Å². The molecule has 3 nitrogen and oxygen atoms in total. The molecule has 0 spiro atoms. The Morgan fingerprint density at radius 2 is 2.14 bits per heavy atom. The number of aromatic amines is 1. The minimum atomic E-state index is -0.409. The van der Waals surface area contributed by atoms with E-state index in [1.165, 1.54) is 11.8 Å². The lowest BCUT2D eigenvalue weighted by atomic mass is 10.2. The molecule has 0 unspecified atom stereocenters. The lowest BCUT2D eigenvalue weighted by molar-refractivity contribution is 0.988. The number of aromatic nitrogens is 1. The van der Waals surface area contributed by atoms with Gasteiger partial charge < -0.3 is 16.5 Å². The van der Waals surface area contributed by atoms with E-state index in [1.54, 1.807) is 0 Å². The van der Waals surface area contributed by atoms with Crippen LogP contribution in [0.2, 0.25) is 5.02 Å². The summed E-state index contributed by atoms with van der Waals surface area (Å²) in [7, 11) is 0. The van der Waals surface area contributed by atoms with Gasteiger partial charge in [-0.15, -0.1) is 0 Å². The normalized spacial score (nSPS) is 11.4. The predicted octanol–water partition coefficient (Wildman–Crippen LogP) is 2.11. The molecule has 0 amide bonds. The van der Waals surface area contributed by atoms with Crippen LogP contribution >= 0.6 is 23.4 Å². The van der Waals surface area contributed by atoms with Crippen molar-refractivity contribution in [1.82, 2.24) is 4.98 Å². The van der Waals surface area contributed by atoms with Gasteiger partial charge in [-0.3, -0.25) is 0 Å². The maximum absolute atomic E-state index is 5.90. The molecule has 1 aromatic heterocycles. The first-order chi connectivity index (χ1) is 6.66. The summed E-state index contributed by atoms with van der Waals surface area (Å²) in [5, 5.41) is 1.77. The fourth-order valence-electron chi connectivity index (χ4n) is 1.31. The molecule has 0 saturated heterocycles. The van der Waals surface area contributed by atoms with Crippen molar-refractivity contribution in [3.8, 4) is 0 Å². The van der Waals surface area contributed by atoms with Gasteiger partial charge in [-0.05, 0) is 18.2 Å². The van der Waals surface area contributed by atoms with Crippen LogP contribution in [0.5, 0.6) is 0 Å². The summed E-state index contributed by atoms with van der Waals surface area (Å²) in [6, 6.07) is 5.68. The summed E-state index contributed by atoms with van der Waals surface area (Å²) in [4.78, 5) is 4.16. The number of fused-ring (bicyclic) bond motifs is 1. The number of rotatable bonds is 2. The van der Waals surface area contributed by atoms with Crippen LogP contribution in [0, 0.1) is 0 Å². The van der Waals surface area contributed by atoms with Gasteiger partial charge in [0, 0.05) is 27.0 Å². The first-order valence-corrected chi connectivity index (χ1v) is 5.37. The highest BCUT2D eigenvalue weighted by Gasteiger charge is 2.06. The number of hydrogen-bond acceptors (Lipinski definition) is 3. The van der Waals surface area contributed by atoms with Crippen molar-refractivity contribution in [3.05, 3.63) is 29.4 Å². The molecule has 14 heavy (non-hydrogen) atoms. The molecular weight excluding hydrogens is 218 g/mol. The van der Waals surface area contributed by atoms with Crippen LogP contribution in [-0.4, -0.2) is 10.5 Å². The molecule has 0 aliphatic heterocycles. The van der Waals surface area contributed by atoms with Gasteiger partial charge in [-0.25, -0.2) is 0 Å². The molecule has 0 bridgehead atoms. The number of hydrogen-bond donors (Lipinski definition) is 3. The summed E-state index contributed by atoms with van der Waals surface area (Å²) in [6.07, 6.45) is 1.89. The van der Waals surface area contributed by atoms with E-state index in [-0.39, 0.29) is 0 Å². The van der Waals surface area contributed by atoms with Crippen LogP contribution < -0.4 is 11.5 Å². The molecule has 1 aromatic carbocycles. The van der Waals surface area contributed by atoms with Gasteiger partial charge in [0.25, 0.3) is 0 Å². The van der Waals surface area contributed by atoms with Crippen LogP contribution in [0.1, 0.15) is 0 Å². The zero-order valence-electron chi connectivity index (χ0n) is 7.33. The lowest BCUT2D eigenvalue weighted by Gasteiger charge is -2.02. The molecule has 0 saturated carbocycles. The molecule has 1 heterocycles. The van der Waals surface area contributed by atoms with Crippen LogP contribution in [0.4, 0.5) is 0 Å². The van der Waals surface area contributed by atoms with Gasteiger partial charge in [-0.1, -0.05) is 23.4 Å². The maximum Gasteiger partial charge on any atom is 0.105 e. The first kappa shape index (κ1) is 9.86. The average molecular weight is 228 g/mol. The second kappa shape index (κ2) is 3.82. The number of halogens is 1. The molecule has 0 aliphatic carbocycles. The highest BCUT2D eigenvalue weighted by atomic mass is 35.5. The van der Waals surface area contributed by atoms with E-state index in [0.29, 0.717) is 5.02 Å². The molecule has 2 rings (SSSR count). The molecule has 2 aromatic rings. The Hall–Kier alpha value is -0.680. The Labute approximate surface area is 90.8 Å². The van der Waals surface area contributed by atoms with Crippen molar-refractivity contribution in [2.24, 2.45) is 11.5 Å². The zero-order chi connectivity index (χ0) is 10.1. The summed E-state index contributed by atoms with van der Waals surface area (Å²) in [5.74, 6) is 0. The van der Waals surface area contributed by atoms with Gasteiger partial charge in [0.05, 0.1) is 0 Å². The number of benzene rings is 1. The Kier molecular flexibility index (Phi) is 2.69. The summed E-state index contributed by atoms with van der Waals surface area (Å²) < 4.78 is 0. The first-order valence-electron chi connectivity index (χ1n) is 4.11. The van der Waals surface area contributed by atoms with E-state index in [9.17, 15) is 0 Å². The second-order valence-corrected chi connectivity index (χ2v) is 4.58. The van der Waals surface area contributed by atoms with Gasteiger partial charge in [0.1, 0.15) is 5.50 Å². The Balaban J connectivity index is 2.50. The second-order valence-electron chi connectivity index (χ2n) is 2.93. The minimum Gasteiger partial charge on any atom is -0.360 e. The van der Waals surface area contributed by atoms with Crippen molar-refractivity contribution in [3.63, 3.8) is 0 Å². The van der Waals surface area contributed by atoms with Crippen molar-refractivity contribution in [2.45, 2.75) is 10.4 Å². The van der Waals surface area contributed by atoms with E-state index in [2.05, 4.69) is 4.98 Å². The molecule has 0 fully saturated rings. The highest BCUT2D eigenvalue weighted by molar-refractivity contribution is 8.00. The third-order valence-corrected chi connectivity index (χ3v) is 2.97. The van der Waals surface area contributed by atoms with Gasteiger partial charge >= 0.3 is 0 Å². The Bertz CT molecular complexity index is 452. The number of nitrogens with two attached hydrogens (primary N) is 2. The van der Waals surface area contributed by atoms with E-state index in [1.807, 2.05) is 24.4 Å². The number of nitrogens with one attached hydrogen (secondary N) is 1. The fourth-order valence-corrected chi connectivity index (χ4v) is 2.20. The zero-order valence-corrected chi connectivity index (χ0v) is 8.90. The van der Waals surface area contributed by atoms with E-state index < -0.39 is 5.50 Å². The van der Waals surface area contributed by atoms with Gasteiger partial charge in [0.15, 0.2) is 0 Å². The quantitative estimate of drug-likeness (QED) is 0.544. The smallest absolute Gasteiger partial charge is 0.105 e. The standard InChI is InChI=1S/C9H10ClN3S/c10-5-1-2-7-6(3-5)8(4-13-7)14-9(11)12/h1-4,9,13H,11-12H2.